The minimum atomic E-state index is -3.67. The summed E-state index contributed by atoms with van der Waals surface area (Å²) in [6.45, 7) is 0.553. The van der Waals surface area contributed by atoms with E-state index >= 15 is 0 Å². The van der Waals surface area contributed by atoms with Crippen LogP contribution in [0.4, 0.5) is 0 Å². The fraction of sp³-hybridized carbons (Fsp3) is 0.316. The van der Waals surface area contributed by atoms with Gasteiger partial charge in [0.05, 0.1) is 24.7 Å². The van der Waals surface area contributed by atoms with Crippen LogP contribution in [-0.4, -0.2) is 34.6 Å². The molecular formula is C19H22N2O5S. The van der Waals surface area contributed by atoms with Crippen LogP contribution in [0.15, 0.2) is 53.4 Å². The van der Waals surface area contributed by atoms with Crippen molar-refractivity contribution >= 4 is 15.9 Å². The van der Waals surface area contributed by atoms with Crippen molar-refractivity contribution in [3.8, 4) is 11.5 Å². The maximum atomic E-state index is 12.3. The summed E-state index contributed by atoms with van der Waals surface area (Å²) in [7, 11) is -2.16. The van der Waals surface area contributed by atoms with E-state index in [0.29, 0.717) is 18.8 Å². The van der Waals surface area contributed by atoms with Gasteiger partial charge in [0.15, 0.2) is 0 Å². The molecule has 0 radical (unpaired) electrons. The Morgan fingerprint density at radius 3 is 2.67 bits per heavy atom. The molecule has 0 bridgehead atoms. The van der Waals surface area contributed by atoms with Crippen LogP contribution in [0.25, 0.3) is 0 Å². The predicted octanol–water partition coefficient (Wildman–Crippen LogP) is 2.00. The van der Waals surface area contributed by atoms with Gasteiger partial charge >= 0.3 is 0 Å². The van der Waals surface area contributed by atoms with E-state index < -0.39 is 10.0 Å². The number of carbonyl (C=O) groups is 1. The fourth-order valence-electron chi connectivity index (χ4n) is 2.90. The molecule has 1 amide bonds. The van der Waals surface area contributed by atoms with Crippen molar-refractivity contribution in [2.75, 3.05) is 20.3 Å². The lowest BCUT2D eigenvalue weighted by Crippen LogP contribution is -2.34. The number of fused-ring (bicyclic) bond motifs is 1. The fourth-order valence-corrected chi connectivity index (χ4v) is 3.93. The summed E-state index contributed by atoms with van der Waals surface area (Å²) < 4.78 is 37.6. The molecule has 7 nitrogen and oxygen atoms in total. The zero-order valence-corrected chi connectivity index (χ0v) is 15.8. The van der Waals surface area contributed by atoms with Crippen LogP contribution < -0.4 is 19.5 Å². The van der Waals surface area contributed by atoms with Crippen LogP contribution >= 0.6 is 0 Å². The summed E-state index contributed by atoms with van der Waals surface area (Å²) in [5, 5.41) is 2.95. The molecule has 1 unspecified atom stereocenters. The number of hydrogen-bond donors (Lipinski definition) is 2. The van der Waals surface area contributed by atoms with E-state index in [1.54, 1.807) is 12.1 Å². The molecule has 2 aromatic rings. The van der Waals surface area contributed by atoms with Crippen molar-refractivity contribution < 1.29 is 22.7 Å². The summed E-state index contributed by atoms with van der Waals surface area (Å²) in [5.74, 6) is 1.13. The normalized spacial score (nSPS) is 16.1. The van der Waals surface area contributed by atoms with E-state index in [1.165, 1.54) is 19.2 Å². The van der Waals surface area contributed by atoms with Crippen molar-refractivity contribution in [2.45, 2.75) is 23.8 Å². The molecule has 2 N–H and O–H groups in total. The second-order valence-corrected chi connectivity index (χ2v) is 7.89. The summed E-state index contributed by atoms with van der Waals surface area (Å²) in [6, 6.07) is 13.5. The number of amides is 1. The lowest BCUT2D eigenvalue weighted by molar-refractivity contribution is -0.121. The molecule has 1 aliphatic heterocycles. The Labute approximate surface area is 158 Å². The van der Waals surface area contributed by atoms with Gasteiger partial charge in [-0.25, -0.2) is 13.1 Å². The van der Waals surface area contributed by atoms with Crippen molar-refractivity contribution in [1.82, 2.24) is 10.0 Å². The topological polar surface area (TPSA) is 93.7 Å². The molecule has 0 aliphatic carbocycles. The molecule has 1 atom stereocenters. The first-order valence-corrected chi connectivity index (χ1v) is 10.1. The summed E-state index contributed by atoms with van der Waals surface area (Å²) in [6.07, 6.45) is 0.731. The average molecular weight is 390 g/mol. The van der Waals surface area contributed by atoms with Gasteiger partial charge in [-0.3, -0.25) is 4.79 Å². The van der Waals surface area contributed by atoms with E-state index in [-0.39, 0.29) is 29.8 Å². The minimum absolute atomic E-state index is 0.0189. The van der Waals surface area contributed by atoms with Crippen molar-refractivity contribution in [1.29, 1.82) is 0 Å². The number of ether oxygens (including phenoxy) is 2. The number of rotatable bonds is 7. The Hall–Kier alpha value is -2.58. The lowest BCUT2D eigenvalue weighted by Gasteiger charge is -2.26. The quantitative estimate of drug-likeness (QED) is 0.754. The van der Waals surface area contributed by atoms with Crippen LogP contribution in [0.1, 0.15) is 24.4 Å². The molecule has 144 valence electrons. The van der Waals surface area contributed by atoms with E-state index in [9.17, 15) is 13.2 Å². The number of methoxy groups -OCH3 is 1. The zero-order valence-electron chi connectivity index (χ0n) is 15.0. The Morgan fingerprint density at radius 1 is 1.19 bits per heavy atom. The highest BCUT2D eigenvalue weighted by atomic mass is 32.2. The van der Waals surface area contributed by atoms with Gasteiger partial charge in [0.2, 0.25) is 15.9 Å². The predicted molar refractivity (Wildman–Crippen MR) is 100 cm³/mol. The van der Waals surface area contributed by atoms with Gasteiger partial charge in [0.1, 0.15) is 11.5 Å². The standard InChI is InChI=1S/C19H22N2O5S/c1-25-14-6-8-15(9-7-14)27(23,24)20-12-10-19(22)21-17-11-13-26-18-5-3-2-4-16(17)18/h2-9,17,20H,10-13H2,1H3,(H,21,22). The molecule has 3 rings (SSSR count). The Kier molecular flexibility index (Phi) is 5.98. The molecule has 0 fully saturated rings. The second kappa shape index (κ2) is 8.41. The number of para-hydroxylation sites is 1. The van der Waals surface area contributed by atoms with E-state index in [2.05, 4.69) is 10.0 Å². The average Bonchev–Trinajstić information content (AvgIpc) is 2.68. The molecular weight excluding hydrogens is 368 g/mol. The smallest absolute Gasteiger partial charge is 0.240 e. The van der Waals surface area contributed by atoms with Crippen LogP contribution in [0.3, 0.4) is 0 Å². The molecule has 0 saturated carbocycles. The highest BCUT2D eigenvalue weighted by molar-refractivity contribution is 7.89. The van der Waals surface area contributed by atoms with Gasteiger partial charge in [-0.05, 0) is 30.3 Å². The van der Waals surface area contributed by atoms with Crippen molar-refractivity contribution in [3.05, 3.63) is 54.1 Å². The third-order valence-electron chi connectivity index (χ3n) is 4.31. The van der Waals surface area contributed by atoms with Crippen LogP contribution in [0.5, 0.6) is 11.5 Å². The van der Waals surface area contributed by atoms with Gasteiger partial charge in [-0.15, -0.1) is 0 Å². The first kappa shape index (κ1) is 19.2. The van der Waals surface area contributed by atoms with Crippen molar-refractivity contribution in [2.24, 2.45) is 0 Å². The van der Waals surface area contributed by atoms with Gasteiger partial charge in [-0.1, -0.05) is 18.2 Å². The van der Waals surface area contributed by atoms with Gasteiger partial charge in [0.25, 0.3) is 0 Å². The van der Waals surface area contributed by atoms with Crippen LogP contribution in [0.2, 0.25) is 0 Å². The van der Waals surface area contributed by atoms with Gasteiger partial charge < -0.3 is 14.8 Å². The lowest BCUT2D eigenvalue weighted by atomic mass is 10.0. The first-order valence-electron chi connectivity index (χ1n) is 8.64. The zero-order chi connectivity index (χ0) is 19.3. The maximum Gasteiger partial charge on any atom is 0.240 e. The molecule has 0 spiro atoms. The van der Waals surface area contributed by atoms with Crippen molar-refractivity contribution in [3.63, 3.8) is 0 Å². The number of carbonyl (C=O) groups excluding carboxylic acids is 1. The van der Waals surface area contributed by atoms with E-state index in [4.69, 9.17) is 9.47 Å². The maximum absolute atomic E-state index is 12.3. The van der Waals surface area contributed by atoms with Crippen LogP contribution in [0, 0.1) is 0 Å². The summed E-state index contributed by atoms with van der Waals surface area (Å²) in [4.78, 5) is 12.4. The highest BCUT2D eigenvalue weighted by Gasteiger charge is 2.22. The molecule has 2 aromatic carbocycles. The molecule has 0 saturated heterocycles. The molecule has 0 aromatic heterocycles. The molecule has 1 heterocycles. The second-order valence-electron chi connectivity index (χ2n) is 6.12. The van der Waals surface area contributed by atoms with Crippen LogP contribution in [-0.2, 0) is 14.8 Å². The van der Waals surface area contributed by atoms with E-state index in [1.807, 2.05) is 24.3 Å². The third kappa shape index (κ3) is 4.78. The Bertz CT molecular complexity index is 897. The summed E-state index contributed by atoms with van der Waals surface area (Å²) in [5.41, 5.74) is 0.941. The number of benzene rings is 2. The van der Waals surface area contributed by atoms with E-state index in [0.717, 1.165) is 11.3 Å². The number of nitrogens with one attached hydrogen (secondary N) is 2. The Balaban J connectivity index is 1.52. The largest absolute Gasteiger partial charge is 0.497 e. The SMILES string of the molecule is COc1ccc(S(=O)(=O)NCCC(=O)NC2CCOc3ccccc32)cc1. The van der Waals surface area contributed by atoms with Gasteiger partial charge in [-0.2, -0.15) is 0 Å². The van der Waals surface area contributed by atoms with Gasteiger partial charge in [0, 0.05) is 24.9 Å². The first-order chi connectivity index (χ1) is 13.0. The highest BCUT2D eigenvalue weighted by Crippen LogP contribution is 2.31. The molecule has 27 heavy (non-hydrogen) atoms. The number of sulfonamides is 1. The molecule has 8 heteroatoms. The minimum Gasteiger partial charge on any atom is -0.497 e. The Morgan fingerprint density at radius 2 is 1.93 bits per heavy atom. The number of hydrogen-bond acceptors (Lipinski definition) is 5. The molecule has 1 aliphatic rings. The third-order valence-corrected chi connectivity index (χ3v) is 5.78. The monoisotopic (exact) mass is 390 g/mol. The summed E-state index contributed by atoms with van der Waals surface area (Å²) >= 11 is 0.